The van der Waals surface area contributed by atoms with Crippen LogP contribution in [0.1, 0.15) is 21.5 Å². The molecule has 8 heteroatoms. The van der Waals surface area contributed by atoms with E-state index in [2.05, 4.69) is 20.1 Å². The molecule has 1 N–H and O–H groups in total. The van der Waals surface area contributed by atoms with Gasteiger partial charge in [-0.15, -0.1) is 0 Å². The Morgan fingerprint density at radius 2 is 1.85 bits per heavy atom. The largest absolute Gasteiger partial charge is 0.434 e. The van der Waals surface area contributed by atoms with Gasteiger partial charge in [0.2, 0.25) is 0 Å². The molecule has 0 fully saturated rings. The summed E-state index contributed by atoms with van der Waals surface area (Å²) in [6.07, 6.45) is 3.10. The quantitative estimate of drug-likeness (QED) is 0.705. The number of para-hydroxylation sites is 1. The van der Waals surface area contributed by atoms with E-state index in [0.29, 0.717) is 6.54 Å². The van der Waals surface area contributed by atoms with E-state index in [1.165, 1.54) is 24.5 Å². The minimum atomic E-state index is -2.98. The van der Waals surface area contributed by atoms with Crippen molar-refractivity contribution < 1.29 is 18.3 Å². The molecule has 1 heterocycles. The highest BCUT2D eigenvalue weighted by Gasteiger charge is 2.14. The molecule has 0 saturated heterocycles. The minimum Gasteiger partial charge on any atom is -0.434 e. The number of amides is 1. The van der Waals surface area contributed by atoms with Crippen LogP contribution < -0.4 is 10.1 Å². The lowest BCUT2D eigenvalue weighted by Gasteiger charge is -2.11. The van der Waals surface area contributed by atoms with Crippen molar-refractivity contribution in [3.8, 4) is 5.75 Å². The smallest absolute Gasteiger partial charge is 0.387 e. The predicted molar refractivity (Wildman–Crippen MR) is 89.8 cm³/mol. The molecule has 6 nitrogen and oxygen atoms in total. The molecular weight excluding hydrogens is 342 g/mol. The van der Waals surface area contributed by atoms with E-state index in [1.54, 1.807) is 17.1 Å². The van der Waals surface area contributed by atoms with Gasteiger partial charge in [-0.25, -0.2) is 9.67 Å². The monoisotopic (exact) mass is 358 g/mol. The third kappa shape index (κ3) is 4.62. The van der Waals surface area contributed by atoms with Gasteiger partial charge in [-0.1, -0.05) is 36.4 Å². The molecule has 134 valence electrons. The summed E-state index contributed by atoms with van der Waals surface area (Å²) in [6, 6.07) is 13.5. The molecule has 3 rings (SSSR count). The van der Waals surface area contributed by atoms with E-state index in [9.17, 15) is 13.6 Å². The van der Waals surface area contributed by atoms with E-state index >= 15 is 0 Å². The first-order valence-electron chi connectivity index (χ1n) is 7.84. The Kier molecular flexibility index (Phi) is 5.52. The van der Waals surface area contributed by atoms with Crippen LogP contribution in [0, 0.1) is 0 Å². The van der Waals surface area contributed by atoms with Gasteiger partial charge in [0.1, 0.15) is 18.4 Å². The van der Waals surface area contributed by atoms with Gasteiger partial charge in [-0.3, -0.25) is 4.79 Å². The van der Waals surface area contributed by atoms with Crippen LogP contribution in [-0.2, 0) is 13.1 Å². The van der Waals surface area contributed by atoms with Gasteiger partial charge in [0, 0.05) is 6.54 Å². The summed E-state index contributed by atoms with van der Waals surface area (Å²) < 4.78 is 30.9. The number of halogens is 2. The molecule has 1 amide bonds. The maximum absolute atomic E-state index is 12.4. The van der Waals surface area contributed by atoms with Crippen LogP contribution in [-0.4, -0.2) is 27.3 Å². The SMILES string of the molecule is O=C(NCc1ccc(Cn2cncn2)cc1)c1ccccc1OC(F)F. The summed E-state index contributed by atoms with van der Waals surface area (Å²) in [5.74, 6) is -0.629. The van der Waals surface area contributed by atoms with Gasteiger partial charge < -0.3 is 10.1 Å². The Labute approximate surface area is 148 Å². The van der Waals surface area contributed by atoms with E-state index < -0.39 is 12.5 Å². The van der Waals surface area contributed by atoms with Crippen LogP contribution in [0.4, 0.5) is 8.78 Å². The highest BCUT2D eigenvalue weighted by molar-refractivity contribution is 5.96. The van der Waals surface area contributed by atoms with Crippen LogP contribution in [0.25, 0.3) is 0 Å². The van der Waals surface area contributed by atoms with Gasteiger partial charge in [-0.2, -0.15) is 13.9 Å². The number of benzene rings is 2. The fourth-order valence-corrected chi connectivity index (χ4v) is 2.39. The first kappa shape index (κ1) is 17.5. The van der Waals surface area contributed by atoms with Gasteiger partial charge in [-0.05, 0) is 23.3 Å². The van der Waals surface area contributed by atoms with Crippen molar-refractivity contribution in [2.75, 3.05) is 0 Å². The molecular formula is C18H16F2N4O2. The number of nitrogens with one attached hydrogen (secondary N) is 1. The molecule has 1 aromatic heterocycles. The number of carbonyl (C=O) groups is 1. The third-order valence-corrected chi connectivity index (χ3v) is 3.63. The molecule has 0 unspecified atom stereocenters. The summed E-state index contributed by atoms with van der Waals surface area (Å²) in [5, 5.41) is 6.74. The molecule has 0 saturated carbocycles. The predicted octanol–water partition coefficient (Wildman–Crippen LogP) is 2.86. The van der Waals surface area contributed by atoms with E-state index in [4.69, 9.17) is 0 Å². The van der Waals surface area contributed by atoms with E-state index in [1.807, 2.05) is 24.3 Å². The molecule has 2 aromatic carbocycles. The van der Waals surface area contributed by atoms with Gasteiger partial charge in [0.05, 0.1) is 12.1 Å². The van der Waals surface area contributed by atoms with Crippen LogP contribution >= 0.6 is 0 Å². The zero-order chi connectivity index (χ0) is 18.4. The summed E-state index contributed by atoms with van der Waals surface area (Å²) in [7, 11) is 0. The molecule has 0 bridgehead atoms. The van der Waals surface area contributed by atoms with Crippen molar-refractivity contribution in [2.45, 2.75) is 19.7 Å². The number of aromatic nitrogens is 3. The van der Waals surface area contributed by atoms with Crippen molar-refractivity contribution in [3.63, 3.8) is 0 Å². The van der Waals surface area contributed by atoms with Crippen LogP contribution in [0.5, 0.6) is 5.75 Å². The number of ether oxygens (including phenoxy) is 1. The fourth-order valence-electron chi connectivity index (χ4n) is 2.39. The maximum Gasteiger partial charge on any atom is 0.387 e. The van der Waals surface area contributed by atoms with Crippen molar-refractivity contribution in [2.24, 2.45) is 0 Å². The van der Waals surface area contributed by atoms with Gasteiger partial charge in [0.25, 0.3) is 5.91 Å². The Morgan fingerprint density at radius 1 is 1.12 bits per heavy atom. The highest BCUT2D eigenvalue weighted by atomic mass is 19.3. The van der Waals surface area contributed by atoms with Crippen LogP contribution in [0.3, 0.4) is 0 Å². The molecule has 0 atom stereocenters. The number of rotatable bonds is 7. The second kappa shape index (κ2) is 8.19. The number of hydrogen-bond donors (Lipinski definition) is 1. The molecule has 26 heavy (non-hydrogen) atoms. The topological polar surface area (TPSA) is 69.0 Å². The Bertz CT molecular complexity index is 852. The van der Waals surface area contributed by atoms with Gasteiger partial charge in [0.15, 0.2) is 0 Å². The molecule has 3 aromatic rings. The number of hydrogen-bond acceptors (Lipinski definition) is 4. The maximum atomic E-state index is 12.4. The van der Waals surface area contributed by atoms with Crippen molar-refractivity contribution in [1.29, 1.82) is 0 Å². The average molecular weight is 358 g/mol. The Balaban J connectivity index is 1.59. The number of nitrogens with zero attached hydrogens (tertiary/aromatic N) is 3. The van der Waals surface area contributed by atoms with Crippen LogP contribution in [0.15, 0.2) is 61.2 Å². The van der Waals surface area contributed by atoms with E-state index in [0.717, 1.165) is 11.1 Å². The van der Waals surface area contributed by atoms with Crippen LogP contribution in [0.2, 0.25) is 0 Å². The number of alkyl halides is 2. The molecule has 0 aliphatic rings. The summed E-state index contributed by atoms with van der Waals surface area (Å²) in [4.78, 5) is 16.1. The first-order valence-corrected chi connectivity index (χ1v) is 7.84. The second-order valence-electron chi connectivity index (χ2n) is 5.47. The Morgan fingerprint density at radius 3 is 2.54 bits per heavy atom. The zero-order valence-electron chi connectivity index (χ0n) is 13.7. The molecule has 0 radical (unpaired) electrons. The molecule has 0 spiro atoms. The van der Waals surface area contributed by atoms with Gasteiger partial charge >= 0.3 is 6.61 Å². The summed E-state index contributed by atoms with van der Waals surface area (Å²) >= 11 is 0. The first-order chi connectivity index (χ1) is 12.6. The lowest BCUT2D eigenvalue weighted by atomic mass is 10.1. The average Bonchev–Trinajstić information content (AvgIpc) is 3.14. The minimum absolute atomic E-state index is 0.0654. The Hall–Kier alpha value is -3.29. The summed E-state index contributed by atoms with van der Waals surface area (Å²) in [5.41, 5.74) is 1.99. The third-order valence-electron chi connectivity index (χ3n) is 3.63. The molecule has 0 aliphatic heterocycles. The van der Waals surface area contributed by atoms with Crippen molar-refractivity contribution >= 4 is 5.91 Å². The highest BCUT2D eigenvalue weighted by Crippen LogP contribution is 2.20. The number of carbonyl (C=O) groups excluding carboxylic acids is 1. The standard InChI is InChI=1S/C18H16F2N4O2/c19-18(20)26-16-4-2-1-3-15(16)17(25)22-9-13-5-7-14(8-6-13)10-24-12-21-11-23-24/h1-8,11-12,18H,9-10H2,(H,22,25). The van der Waals surface area contributed by atoms with Crippen molar-refractivity contribution in [1.82, 2.24) is 20.1 Å². The fraction of sp³-hybridized carbons (Fsp3) is 0.167. The summed E-state index contributed by atoms with van der Waals surface area (Å²) in [6.45, 7) is -2.11. The second-order valence-corrected chi connectivity index (χ2v) is 5.47. The lowest BCUT2D eigenvalue weighted by molar-refractivity contribution is -0.0501. The lowest BCUT2D eigenvalue weighted by Crippen LogP contribution is -2.23. The van der Waals surface area contributed by atoms with E-state index in [-0.39, 0.29) is 17.9 Å². The molecule has 0 aliphatic carbocycles. The zero-order valence-corrected chi connectivity index (χ0v) is 13.7. The normalized spacial score (nSPS) is 10.7. The van der Waals surface area contributed by atoms with Crippen molar-refractivity contribution in [3.05, 3.63) is 77.9 Å².